The average molecular weight is 407 g/mol. The summed E-state index contributed by atoms with van der Waals surface area (Å²) in [5, 5.41) is 2.80. The lowest BCUT2D eigenvalue weighted by molar-refractivity contribution is -0.917. The molecule has 0 saturated heterocycles. The van der Waals surface area contributed by atoms with Gasteiger partial charge in [0.05, 0.1) is 10.9 Å². The van der Waals surface area contributed by atoms with Gasteiger partial charge in [-0.2, -0.15) is 0 Å². The highest BCUT2D eigenvalue weighted by Crippen LogP contribution is 2.18. The predicted molar refractivity (Wildman–Crippen MR) is 105 cm³/mol. The Morgan fingerprint density at radius 1 is 1.14 bits per heavy atom. The molecule has 8 heteroatoms. The molecule has 150 valence electrons. The van der Waals surface area contributed by atoms with E-state index >= 15 is 0 Å². The van der Waals surface area contributed by atoms with Gasteiger partial charge in [0.1, 0.15) is 12.4 Å². The van der Waals surface area contributed by atoms with E-state index in [-0.39, 0.29) is 23.2 Å². The van der Waals surface area contributed by atoms with Crippen molar-refractivity contribution < 1.29 is 22.5 Å². The summed E-state index contributed by atoms with van der Waals surface area (Å²) in [5.74, 6) is -0.430. The van der Waals surface area contributed by atoms with Crippen LogP contribution in [-0.2, 0) is 21.4 Å². The first-order chi connectivity index (χ1) is 13.3. The maximum atomic E-state index is 13.9. The van der Waals surface area contributed by atoms with Gasteiger partial charge in [-0.3, -0.25) is 4.79 Å². The van der Waals surface area contributed by atoms with Gasteiger partial charge in [-0.05, 0) is 30.3 Å². The zero-order chi connectivity index (χ0) is 20.3. The van der Waals surface area contributed by atoms with E-state index in [2.05, 4.69) is 5.32 Å². The highest BCUT2D eigenvalue weighted by atomic mass is 32.2. The van der Waals surface area contributed by atoms with Crippen LogP contribution in [0.3, 0.4) is 0 Å². The number of halogens is 1. The van der Waals surface area contributed by atoms with Gasteiger partial charge in [-0.15, -0.1) is 0 Å². The van der Waals surface area contributed by atoms with E-state index in [1.807, 2.05) is 0 Å². The van der Waals surface area contributed by atoms with E-state index in [0.29, 0.717) is 23.8 Å². The number of benzene rings is 2. The highest BCUT2D eigenvalue weighted by molar-refractivity contribution is 7.89. The van der Waals surface area contributed by atoms with Crippen molar-refractivity contribution in [3.8, 4) is 0 Å². The molecule has 0 heterocycles. The topological polar surface area (TPSA) is 70.9 Å². The Hall–Kier alpha value is -2.29. The normalized spacial score (nSPS) is 15.4. The minimum absolute atomic E-state index is 0.167. The lowest BCUT2D eigenvalue weighted by Gasteiger charge is -2.19. The van der Waals surface area contributed by atoms with Gasteiger partial charge in [-0.1, -0.05) is 18.2 Å². The molecular formula is C20H25FN3O3S+. The summed E-state index contributed by atoms with van der Waals surface area (Å²) in [7, 11) is -0.566. The van der Waals surface area contributed by atoms with Crippen molar-refractivity contribution in [2.45, 2.75) is 30.3 Å². The molecule has 1 aliphatic carbocycles. The Kier molecular flexibility index (Phi) is 6.12. The lowest BCUT2D eigenvalue weighted by Crippen LogP contribution is -3.13. The van der Waals surface area contributed by atoms with E-state index in [4.69, 9.17) is 0 Å². The fraction of sp³-hybridized carbons (Fsp3) is 0.350. The number of hydrogen-bond acceptors (Lipinski definition) is 3. The highest BCUT2D eigenvalue weighted by Gasteiger charge is 2.35. The van der Waals surface area contributed by atoms with E-state index in [0.717, 1.165) is 22.0 Å². The molecular weight excluding hydrogens is 381 g/mol. The molecule has 0 bridgehead atoms. The van der Waals surface area contributed by atoms with Gasteiger partial charge in [0.2, 0.25) is 10.0 Å². The maximum Gasteiger partial charge on any atom is 0.279 e. The molecule has 1 unspecified atom stereocenters. The molecule has 2 aromatic carbocycles. The lowest BCUT2D eigenvalue weighted by atomic mass is 10.2. The molecule has 1 amide bonds. The fourth-order valence-electron chi connectivity index (χ4n) is 3.06. The van der Waals surface area contributed by atoms with Crippen LogP contribution in [0.4, 0.5) is 10.1 Å². The van der Waals surface area contributed by atoms with Crippen LogP contribution in [0.1, 0.15) is 18.4 Å². The van der Waals surface area contributed by atoms with Gasteiger partial charge < -0.3 is 10.2 Å². The number of sulfonamides is 1. The number of quaternary nitrogens is 1. The third-order valence-corrected chi connectivity index (χ3v) is 6.66. The second-order valence-electron chi connectivity index (χ2n) is 7.24. The number of nitrogens with one attached hydrogen (secondary N) is 2. The van der Waals surface area contributed by atoms with Crippen molar-refractivity contribution in [2.24, 2.45) is 0 Å². The molecule has 6 nitrogen and oxygen atoms in total. The van der Waals surface area contributed by atoms with Crippen LogP contribution in [0.5, 0.6) is 0 Å². The van der Waals surface area contributed by atoms with Crippen molar-refractivity contribution in [2.75, 3.05) is 26.0 Å². The van der Waals surface area contributed by atoms with E-state index in [1.165, 1.54) is 32.3 Å². The molecule has 0 spiro atoms. The smallest absolute Gasteiger partial charge is 0.279 e. The van der Waals surface area contributed by atoms with Crippen LogP contribution in [0.2, 0.25) is 0 Å². The van der Waals surface area contributed by atoms with Crippen LogP contribution in [0.25, 0.3) is 0 Å². The molecule has 1 atom stereocenters. The molecule has 1 fully saturated rings. The molecule has 0 aromatic heterocycles. The Morgan fingerprint density at radius 3 is 2.36 bits per heavy atom. The number of carbonyl (C=O) groups excluding carboxylic acids is 1. The summed E-state index contributed by atoms with van der Waals surface area (Å²) in [6, 6.07) is 13.1. The maximum absolute atomic E-state index is 13.9. The molecule has 2 N–H and O–H groups in total. The standard InChI is InChI=1S/C20H24FN3O3S/c1-23(2)28(26,27)18-11-7-16(8-12-18)22-20(25)14-24(17-9-10-17)13-15-5-3-4-6-19(15)21/h3-8,11-12,17H,9-10,13-14H2,1-2H3,(H,22,25)/p+1. The summed E-state index contributed by atoms with van der Waals surface area (Å²) >= 11 is 0. The van der Waals surface area contributed by atoms with Gasteiger partial charge in [0.15, 0.2) is 6.54 Å². The SMILES string of the molecule is CN(C)S(=O)(=O)c1ccc(NC(=O)C[NH+](Cc2ccccc2F)C2CC2)cc1. The second-order valence-corrected chi connectivity index (χ2v) is 9.39. The number of anilines is 1. The molecule has 0 radical (unpaired) electrons. The monoisotopic (exact) mass is 406 g/mol. The van der Waals surface area contributed by atoms with Gasteiger partial charge in [0.25, 0.3) is 5.91 Å². The number of amides is 1. The van der Waals surface area contributed by atoms with Crippen molar-refractivity contribution in [1.82, 2.24) is 4.31 Å². The first-order valence-corrected chi connectivity index (χ1v) is 10.6. The number of rotatable bonds is 8. The third-order valence-electron chi connectivity index (χ3n) is 4.83. The quantitative estimate of drug-likeness (QED) is 0.694. The molecule has 1 aliphatic rings. The number of nitrogens with zero attached hydrogens (tertiary/aromatic N) is 1. The Balaban J connectivity index is 1.63. The Bertz CT molecular complexity index is 941. The summed E-state index contributed by atoms with van der Waals surface area (Å²) in [4.78, 5) is 13.7. The molecule has 0 aliphatic heterocycles. The first kappa shape index (κ1) is 20.4. The van der Waals surface area contributed by atoms with Crippen LogP contribution >= 0.6 is 0 Å². The Labute approximate surface area is 165 Å². The fourth-order valence-corrected chi connectivity index (χ4v) is 3.96. The Morgan fingerprint density at radius 2 is 1.79 bits per heavy atom. The summed E-state index contributed by atoms with van der Waals surface area (Å²) in [5.41, 5.74) is 1.14. The van der Waals surface area contributed by atoms with Crippen LogP contribution < -0.4 is 10.2 Å². The van der Waals surface area contributed by atoms with Gasteiger partial charge in [-0.25, -0.2) is 17.1 Å². The first-order valence-electron chi connectivity index (χ1n) is 9.18. The number of carbonyl (C=O) groups is 1. The van der Waals surface area contributed by atoms with Crippen LogP contribution in [0.15, 0.2) is 53.4 Å². The van der Waals surface area contributed by atoms with Crippen LogP contribution in [-0.4, -0.2) is 45.3 Å². The van der Waals surface area contributed by atoms with Gasteiger partial charge >= 0.3 is 0 Å². The minimum Gasteiger partial charge on any atom is -0.321 e. The third kappa shape index (κ3) is 4.95. The second kappa shape index (κ2) is 8.38. The summed E-state index contributed by atoms with van der Waals surface area (Å²) < 4.78 is 39.3. The predicted octanol–water partition coefficient (Wildman–Crippen LogP) is 1.26. The largest absolute Gasteiger partial charge is 0.321 e. The van der Waals surface area contributed by atoms with E-state index < -0.39 is 10.0 Å². The van der Waals surface area contributed by atoms with Crippen molar-refractivity contribution in [3.05, 3.63) is 59.9 Å². The van der Waals surface area contributed by atoms with E-state index in [1.54, 1.807) is 30.3 Å². The van der Waals surface area contributed by atoms with Crippen molar-refractivity contribution in [1.29, 1.82) is 0 Å². The van der Waals surface area contributed by atoms with Crippen LogP contribution in [0, 0.1) is 5.82 Å². The summed E-state index contributed by atoms with van der Waals surface area (Å²) in [6.45, 7) is 0.696. The zero-order valence-corrected chi connectivity index (χ0v) is 16.8. The molecule has 28 heavy (non-hydrogen) atoms. The molecule has 1 saturated carbocycles. The molecule has 3 rings (SSSR count). The zero-order valence-electron chi connectivity index (χ0n) is 16.0. The number of hydrogen-bond donors (Lipinski definition) is 2. The molecule has 2 aromatic rings. The minimum atomic E-state index is -3.50. The van der Waals surface area contributed by atoms with E-state index in [9.17, 15) is 17.6 Å². The average Bonchev–Trinajstić information content (AvgIpc) is 3.48. The van der Waals surface area contributed by atoms with Crippen molar-refractivity contribution in [3.63, 3.8) is 0 Å². The summed E-state index contributed by atoms with van der Waals surface area (Å²) in [6.07, 6.45) is 2.07. The van der Waals surface area contributed by atoms with Gasteiger partial charge in [0, 0.05) is 38.2 Å². The van der Waals surface area contributed by atoms with Crippen molar-refractivity contribution >= 4 is 21.6 Å².